The van der Waals surface area contributed by atoms with Crippen LogP contribution < -0.4 is 0 Å². The molecule has 2 aromatic rings. The van der Waals surface area contributed by atoms with Gasteiger partial charge in [0.25, 0.3) is 0 Å². The average molecular weight is 194 g/mol. The zero-order valence-electron chi connectivity index (χ0n) is 7.88. The summed E-state index contributed by atoms with van der Waals surface area (Å²) in [6, 6.07) is 12.7. The van der Waals surface area contributed by atoms with Crippen LogP contribution in [0, 0.1) is 0 Å². The van der Waals surface area contributed by atoms with Crippen molar-refractivity contribution >= 4 is 21.9 Å². The van der Waals surface area contributed by atoms with Gasteiger partial charge < -0.3 is 0 Å². The Hall–Kier alpha value is -1.82. The summed E-state index contributed by atoms with van der Waals surface area (Å²) in [6.07, 6.45) is 0. The Morgan fingerprint density at radius 1 is 0.733 bits per heavy atom. The van der Waals surface area contributed by atoms with Crippen molar-refractivity contribution in [1.82, 2.24) is 0 Å². The van der Waals surface area contributed by atoms with E-state index in [0.29, 0.717) is 0 Å². The van der Waals surface area contributed by atoms with Crippen molar-refractivity contribution in [3.8, 4) is 0 Å². The van der Waals surface area contributed by atoms with Crippen LogP contribution in [0.15, 0.2) is 49.6 Å². The lowest BCUT2D eigenvalue weighted by Crippen LogP contribution is -1.76. The molecule has 74 valence electrons. The highest BCUT2D eigenvalue weighted by Crippen LogP contribution is 2.43. The van der Waals surface area contributed by atoms with Crippen LogP contribution in [0.2, 0.25) is 0 Å². The lowest BCUT2D eigenvalue weighted by atomic mass is 10.1. The maximum atomic E-state index is 4.08. The normalized spacial score (nSPS) is 13.1. The van der Waals surface area contributed by atoms with E-state index < -0.39 is 0 Å². The number of rotatable bonds is 0. The molecule has 1 aliphatic carbocycles. The molecule has 0 aromatic heterocycles. The zero-order chi connectivity index (χ0) is 9.71. The third-order valence-electron chi connectivity index (χ3n) is 2.92. The maximum Gasteiger partial charge on any atom is -0.00268 e. The fraction of sp³-hybridized carbons (Fsp3) is 0.0667. The third kappa shape index (κ3) is 1.08. The molecule has 0 atom stereocenters. The summed E-state index contributed by atoms with van der Waals surface area (Å²) < 4.78 is 0. The van der Waals surface area contributed by atoms with Crippen LogP contribution in [0.4, 0.5) is 0 Å². The Bertz CT molecular complexity index is 525. The molecule has 0 radical (unpaired) electrons. The molecule has 3 rings (SSSR count). The fourth-order valence-electron chi connectivity index (χ4n) is 2.17. The summed E-state index contributed by atoms with van der Waals surface area (Å²) in [5, 5.41) is 2.59. The van der Waals surface area contributed by atoms with E-state index in [1.165, 1.54) is 21.9 Å². The highest BCUT2D eigenvalue weighted by molar-refractivity contribution is 6.20. The molecule has 0 nitrogen and oxygen atoms in total. The first-order valence-electron chi connectivity index (χ1n) is 4.70. The molecule has 2 aromatic carbocycles. The predicted octanol–water partition coefficient (Wildman–Crippen LogP) is 4.52. The van der Waals surface area contributed by atoms with Crippen LogP contribution in [-0.2, 0) is 0 Å². The molecule has 1 aliphatic rings. The molecular weight excluding hydrogens is 180 g/mol. The van der Waals surface area contributed by atoms with Gasteiger partial charge in [0.2, 0.25) is 0 Å². The molecule has 0 N–H and O–H groups in total. The molecule has 0 heterocycles. The van der Waals surface area contributed by atoms with Gasteiger partial charge in [0.1, 0.15) is 0 Å². The van der Waals surface area contributed by atoms with Crippen LogP contribution in [0.25, 0.3) is 21.9 Å². The molecule has 0 bridgehead atoms. The first-order valence-corrected chi connectivity index (χ1v) is 4.70. The first-order chi connectivity index (χ1) is 6.79. The average Bonchev–Trinajstić information content (AvgIpc) is 2.47. The third-order valence-corrected chi connectivity index (χ3v) is 2.92. The minimum atomic E-state index is 0. The maximum absolute atomic E-state index is 4.08. The van der Waals surface area contributed by atoms with Gasteiger partial charge in [-0.15, -0.1) is 0 Å². The van der Waals surface area contributed by atoms with Crippen LogP contribution >= 0.6 is 0 Å². The van der Waals surface area contributed by atoms with Gasteiger partial charge in [-0.3, -0.25) is 0 Å². The zero-order valence-corrected chi connectivity index (χ0v) is 7.88. The van der Waals surface area contributed by atoms with Crippen molar-refractivity contribution in [3.05, 3.63) is 60.7 Å². The molecule has 0 unspecified atom stereocenters. The molecule has 0 fully saturated rings. The van der Waals surface area contributed by atoms with Crippen LogP contribution in [0.3, 0.4) is 0 Å². The van der Waals surface area contributed by atoms with E-state index in [4.69, 9.17) is 0 Å². The van der Waals surface area contributed by atoms with E-state index >= 15 is 0 Å². The fourth-order valence-corrected chi connectivity index (χ4v) is 2.17. The number of hydrogen-bond acceptors (Lipinski definition) is 0. The molecule has 0 heteroatoms. The topological polar surface area (TPSA) is 0 Å². The van der Waals surface area contributed by atoms with Gasteiger partial charge >= 0.3 is 0 Å². The van der Waals surface area contributed by atoms with E-state index in [2.05, 4.69) is 49.6 Å². The first kappa shape index (κ1) is 9.72. The minimum Gasteiger partial charge on any atom is -0.0905 e. The Morgan fingerprint density at radius 2 is 1.20 bits per heavy atom. The van der Waals surface area contributed by atoms with Gasteiger partial charge in [-0.1, -0.05) is 57.0 Å². The lowest BCUT2D eigenvalue weighted by molar-refractivity contribution is 1.72. The Kier molecular flexibility index (Phi) is 2.01. The van der Waals surface area contributed by atoms with Crippen LogP contribution in [0.5, 0.6) is 0 Å². The number of benzene rings is 2. The quantitative estimate of drug-likeness (QED) is 0.578. The van der Waals surface area contributed by atoms with Crippen molar-refractivity contribution in [3.63, 3.8) is 0 Å². The van der Waals surface area contributed by atoms with E-state index in [-0.39, 0.29) is 7.43 Å². The largest absolute Gasteiger partial charge is 0.0905 e. The molecule has 0 saturated carbocycles. The summed E-state index contributed by atoms with van der Waals surface area (Å²) in [7, 11) is 0. The van der Waals surface area contributed by atoms with Gasteiger partial charge in [0.05, 0.1) is 0 Å². The SMILES string of the molecule is C.C=C1C(=C)c2cccc3cccc1c23. The summed E-state index contributed by atoms with van der Waals surface area (Å²) in [4.78, 5) is 0. The summed E-state index contributed by atoms with van der Waals surface area (Å²) in [5.74, 6) is 0. The van der Waals surface area contributed by atoms with Crippen LogP contribution in [0.1, 0.15) is 18.6 Å². The number of hydrogen-bond donors (Lipinski definition) is 0. The summed E-state index contributed by atoms with van der Waals surface area (Å²) in [6.45, 7) is 8.15. The monoisotopic (exact) mass is 194 g/mol. The highest BCUT2D eigenvalue weighted by atomic mass is 14.2. The Balaban J connectivity index is 0.000000853. The summed E-state index contributed by atoms with van der Waals surface area (Å²) >= 11 is 0. The Labute approximate surface area is 90.6 Å². The van der Waals surface area contributed by atoms with Crippen LogP contribution in [-0.4, -0.2) is 0 Å². The molecule has 0 amide bonds. The highest BCUT2D eigenvalue weighted by Gasteiger charge is 2.19. The molecular formula is C15H14. The second-order valence-corrected chi connectivity index (χ2v) is 3.67. The smallest absolute Gasteiger partial charge is 0.00268 e. The van der Waals surface area contributed by atoms with Crippen molar-refractivity contribution < 1.29 is 0 Å². The number of allylic oxidation sites excluding steroid dienone is 2. The van der Waals surface area contributed by atoms with Gasteiger partial charge in [-0.05, 0) is 33.0 Å². The van der Waals surface area contributed by atoms with Gasteiger partial charge in [-0.25, -0.2) is 0 Å². The minimum absolute atomic E-state index is 0. The van der Waals surface area contributed by atoms with E-state index in [0.717, 1.165) is 11.1 Å². The van der Waals surface area contributed by atoms with E-state index in [1.807, 2.05) is 0 Å². The van der Waals surface area contributed by atoms with E-state index in [9.17, 15) is 0 Å². The van der Waals surface area contributed by atoms with Gasteiger partial charge in [0, 0.05) is 0 Å². The second-order valence-electron chi connectivity index (χ2n) is 3.67. The van der Waals surface area contributed by atoms with Gasteiger partial charge in [0.15, 0.2) is 0 Å². The second kappa shape index (κ2) is 3.09. The summed E-state index contributed by atoms with van der Waals surface area (Å²) in [5.41, 5.74) is 4.61. The molecule has 0 spiro atoms. The Morgan fingerprint density at radius 3 is 1.67 bits per heavy atom. The lowest BCUT2D eigenvalue weighted by Gasteiger charge is -1.99. The van der Waals surface area contributed by atoms with Crippen molar-refractivity contribution in [2.75, 3.05) is 0 Å². The van der Waals surface area contributed by atoms with Gasteiger partial charge in [-0.2, -0.15) is 0 Å². The van der Waals surface area contributed by atoms with Crippen molar-refractivity contribution in [2.24, 2.45) is 0 Å². The van der Waals surface area contributed by atoms with Crippen molar-refractivity contribution in [2.45, 2.75) is 7.43 Å². The predicted molar refractivity (Wildman–Crippen MR) is 68.7 cm³/mol. The standard InChI is InChI=1S/C14H10.CH4/c1-9-10(2)13-8-4-6-11-5-3-7-12(9)14(11)13;/h3-8H,1-2H2;1H4. The van der Waals surface area contributed by atoms with E-state index in [1.54, 1.807) is 0 Å². The van der Waals surface area contributed by atoms with Crippen molar-refractivity contribution in [1.29, 1.82) is 0 Å². The molecule has 15 heavy (non-hydrogen) atoms. The molecule has 0 aliphatic heterocycles. The molecule has 0 saturated heterocycles.